The van der Waals surface area contributed by atoms with Gasteiger partial charge in [-0.05, 0) is 17.5 Å². The van der Waals surface area contributed by atoms with Crippen LogP contribution in [0.25, 0.3) is 10.8 Å². The minimum atomic E-state index is -0.155. The van der Waals surface area contributed by atoms with Crippen LogP contribution in [0.2, 0.25) is 0 Å². The molecule has 0 radical (unpaired) electrons. The number of carbonyl (C=O) groups is 1. The van der Waals surface area contributed by atoms with E-state index in [1.807, 2.05) is 36.4 Å². The molecule has 0 saturated heterocycles. The zero-order valence-corrected chi connectivity index (χ0v) is 14.4. The third kappa shape index (κ3) is 3.76. The highest BCUT2D eigenvalue weighted by Gasteiger charge is 2.13. The molecule has 1 heterocycles. The Bertz CT molecular complexity index is 948. The van der Waals surface area contributed by atoms with Gasteiger partial charge in [0.15, 0.2) is 0 Å². The zero-order chi connectivity index (χ0) is 17.8. The van der Waals surface area contributed by atoms with Crippen molar-refractivity contribution in [3.05, 3.63) is 76.2 Å². The van der Waals surface area contributed by atoms with E-state index in [1.165, 1.54) is 10.2 Å². The Morgan fingerprint density at radius 2 is 1.72 bits per heavy atom. The van der Waals surface area contributed by atoms with Crippen molar-refractivity contribution in [1.29, 1.82) is 0 Å². The van der Waals surface area contributed by atoms with Gasteiger partial charge < -0.3 is 5.32 Å². The number of rotatable bonds is 5. The Labute approximate surface area is 146 Å². The van der Waals surface area contributed by atoms with Crippen LogP contribution < -0.4 is 10.9 Å². The predicted octanol–water partition coefficient (Wildman–Crippen LogP) is 2.40. The molecule has 1 N–H and O–H groups in total. The van der Waals surface area contributed by atoms with Gasteiger partial charge in [0.05, 0.1) is 17.5 Å². The molecule has 0 aliphatic heterocycles. The highest BCUT2D eigenvalue weighted by molar-refractivity contribution is 5.88. The highest BCUT2D eigenvalue weighted by Crippen LogP contribution is 2.15. The summed E-state index contributed by atoms with van der Waals surface area (Å²) < 4.78 is 1.29. The summed E-state index contributed by atoms with van der Waals surface area (Å²) in [6.07, 6.45) is 0.149. The monoisotopic (exact) mass is 335 g/mol. The lowest BCUT2D eigenvalue weighted by Crippen LogP contribution is -2.30. The lowest BCUT2D eigenvalue weighted by atomic mass is 10.0. The molecular formula is C20H21N3O2. The fraction of sp³-hybridized carbons (Fsp3) is 0.250. The van der Waals surface area contributed by atoms with Gasteiger partial charge in [0, 0.05) is 19.0 Å². The van der Waals surface area contributed by atoms with Crippen LogP contribution in [-0.4, -0.2) is 22.2 Å². The maximum atomic E-state index is 12.3. The second kappa shape index (κ2) is 7.30. The van der Waals surface area contributed by atoms with E-state index in [2.05, 4.69) is 29.5 Å². The minimum absolute atomic E-state index is 0.0981. The van der Waals surface area contributed by atoms with Gasteiger partial charge in [-0.3, -0.25) is 9.59 Å². The molecule has 0 bridgehead atoms. The van der Waals surface area contributed by atoms with E-state index >= 15 is 0 Å². The number of hydrogen-bond donors (Lipinski definition) is 1. The first kappa shape index (κ1) is 16.9. The van der Waals surface area contributed by atoms with Gasteiger partial charge in [0.2, 0.25) is 5.91 Å². The van der Waals surface area contributed by atoms with Gasteiger partial charge in [-0.2, -0.15) is 5.10 Å². The number of fused-ring (bicyclic) bond motifs is 1. The van der Waals surface area contributed by atoms with Crippen molar-refractivity contribution >= 4 is 16.7 Å². The molecule has 1 atom stereocenters. The van der Waals surface area contributed by atoms with Gasteiger partial charge in [-0.25, -0.2) is 4.68 Å². The van der Waals surface area contributed by atoms with Gasteiger partial charge in [-0.1, -0.05) is 55.5 Å². The largest absolute Gasteiger partial charge is 0.355 e. The standard InChI is InChI=1S/C20H21N3O2/c1-14(15-8-4-3-5-9-15)13-21-19(24)12-18-16-10-6-7-11-17(16)20(25)23(2)22-18/h3-11,14H,12-13H2,1-2H3,(H,21,24)/t14-/m0/s1. The van der Waals surface area contributed by atoms with E-state index in [-0.39, 0.29) is 23.8 Å². The molecule has 5 nitrogen and oxygen atoms in total. The molecule has 0 saturated carbocycles. The average molecular weight is 335 g/mol. The zero-order valence-electron chi connectivity index (χ0n) is 14.4. The molecule has 0 aliphatic carbocycles. The molecular weight excluding hydrogens is 314 g/mol. The molecule has 0 unspecified atom stereocenters. The van der Waals surface area contributed by atoms with Crippen molar-refractivity contribution in [2.75, 3.05) is 6.54 Å². The van der Waals surface area contributed by atoms with Gasteiger partial charge in [-0.15, -0.1) is 0 Å². The molecule has 128 valence electrons. The smallest absolute Gasteiger partial charge is 0.274 e. The molecule has 1 amide bonds. The van der Waals surface area contributed by atoms with Crippen LogP contribution in [0.5, 0.6) is 0 Å². The summed E-state index contributed by atoms with van der Waals surface area (Å²) in [7, 11) is 1.60. The number of hydrogen-bond acceptors (Lipinski definition) is 3. The number of carbonyl (C=O) groups excluding carboxylic acids is 1. The lowest BCUT2D eigenvalue weighted by Gasteiger charge is -2.13. The molecule has 3 rings (SSSR count). The molecule has 5 heteroatoms. The molecule has 0 aliphatic rings. The van der Waals surface area contributed by atoms with Crippen LogP contribution in [0.1, 0.15) is 24.1 Å². The number of nitrogens with zero attached hydrogens (tertiary/aromatic N) is 2. The second-order valence-electron chi connectivity index (χ2n) is 6.21. The molecule has 25 heavy (non-hydrogen) atoms. The van der Waals surface area contributed by atoms with E-state index < -0.39 is 0 Å². The van der Waals surface area contributed by atoms with Crippen molar-refractivity contribution < 1.29 is 4.79 Å². The van der Waals surface area contributed by atoms with Gasteiger partial charge in [0.25, 0.3) is 5.56 Å². The molecule has 0 spiro atoms. The van der Waals surface area contributed by atoms with Crippen LogP contribution in [0.4, 0.5) is 0 Å². The third-order valence-electron chi connectivity index (χ3n) is 4.34. The Hall–Kier alpha value is -2.95. The first-order chi connectivity index (χ1) is 12.1. The quantitative estimate of drug-likeness (QED) is 0.779. The van der Waals surface area contributed by atoms with E-state index in [0.717, 1.165) is 5.39 Å². The number of aromatic nitrogens is 2. The van der Waals surface area contributed by atoms with Crippen LogP contribution in [0.3, 0.4) is 0 Å². The summed E-state index contributed by atoms with van der Waals surface area (Å²) in [5.41, 5.74) is 1.65. The van der Waals surface area contributed by atoms with Crippen molar-refractivity contribution in [3.63, 3.8) is 0 Å². The first-order valence-electron chi connectivity index (χ1n) is 8.33. The Morgan fingerprint density at radius 1 is 1.08 bits per heavy atom. The normalized spacial score (nSPS) is 12.1. The Balaban J connectivity index is 1.72. The second-order valence-corrected chi connectivity index (χ2v) is 6.21. The summed E-state index contributed by atoms with van der Waals surface area (Å²) in [6.45, 7) is 2.64. The topological polar surface area (TPSA) is 64.0 Å². The summed E-state index contributed by atoms with van der Waals surface area (Å²) in [6, 6.07) is 17.3. The highest BCUT2D eigenvalue weighted by atomic mass is 16.1. The van der Waals surface area contributed by atoms with Crippen molar-refractivity contribution in [1.82, 2.24) is 15.1 Å². The fourth-order valence-electron chi connectivity index (χ4n) is 2.89. The number of benzene rings is 2. The van der Waals surface area contributed by atoms with Crippen molar-refractivity contribution in [2.45, 2.75) is 19.3 Å². The van der Waals surface area contributed by atoms with Crippen LogP contribution in [0, 0.1) is 0 Å². The van der Waals surface area contributed by atoms with Crippen molar-refractivity contribution in [3.8, 4) is 0 Å². The predicted molar refractivity (Wildman–Crippen MR) is 98.6 cm³/mol. The van der Waals surface area contributed by atoms with Crippen LogP contribution in [0.15, 0.2) is 59.4 Å². The average Bonchev–Trinajstić information content (AvgIpc) is 2.64. The summed E-state index contributed by atoms with van der Waals surface area (Å²) in [4.78, 5) is 24.5. The summed E-state index contributed by atoms with van der Waals surface area (Å²) in [5, 5.41) is 8.55. The van der Waals surface area contributed by atoms with Crippen molar-refractivity contribution in [2.24, 2.45) is 7.05 Å². The first-order valence-corrected chi connectivity index (χ1v) is 8.33. The summed E-state index contributed by atoms with van der Waals surface area (Å²) >= 11 is 0. The Morgan fingerprint density at radius 3 is 2.44 bits per heavy atom. The van der Waals surface area contributed by atoms with E-state index in [9.17, 15) is 9.59 Å². The maximum absolute atomic E-state index is 12.3. The molecule has 2 aromatic carbocycles. The van der Waals surface area contributed by atoms with E-state index in [1.54, 1.807) is 13.1 Å². The van der Waals surface area contributed by atoms with E-state index in [0.29, 0.717) is 17.6 Å². The fourth-order valence-corrected chi connectivity index (χ4v) is 2.89. The SMILES string of the molecule is C[C@@H](CNC(=O)Cc1nn(C)c(=O)c2ccccc12)c1ccccc1. The number of nitrogens with one attached hydrogen (secondary N) is 1. The van der Waals surface area contributed by atoms with Gasteiger partial charge in [0.1, 0.15) is 0 Å². The van der Waals surface area contributed by atoms with E-state index in [4.69, 9.17) is 0 Å². The lowest BCUT2D eigenvalue weighted by molar-refractivity contribution is -0.120. The summed E-state index contributed by atoms with van der Waals surface area (Å²) in [5.74, 6) is 0.133. The Kier molecular flexibility index (Phi) is 4.93. The molecule has 0 fully saturated rings. The maximum Gasteiger partial charge on any atom is 0.274 e. The minimum Gasteiger partial charge on any atom is -0.355 e. The van der Waals surface area contributed by atoms with Gasteiger partial charge >= 0.3 is 0 Å². The number of amides is 1. The third-order valence-corrected chi connectivity index (χ3v) is 4.34. The molecule has 1 aromatic heterocycles. The molecule has 3 aromatic rings. The number of aryl methyl sites for hydroxylation is 1. The van der Waals surface area contributed by atoms with Crippen LogP contribution >= 0.6 is 0 Å². The van der Waals surface area contributed by atoms with Crippen LogP contribution in [-0.2, 0) is 18.3 Å².